The van der Waals surface area contributed by atoms with Crippen molar-refractivity contribution in [2.24, 2.45) is 5.92 Å². The molecule has 0 bridgehead atoms. The van der Waals surface area contributed by atoms with Gasteiger partial charge >= 0.3 is 0 Å². The van der Waals surface area contributed by atoms with E-state index in [1.54, 1.807) is 0 Å². The molecule has 1 saturated carbocycles. The van der Waals surface area contributed by atoms with Crippen molar-refractivity contribution in [2.45, 2.75) is 44.0 Å². The first kappa shape index (κ1) is 6.44. The Balaban J connectivity index is 1.67. The molecule has 2 aliphatic heterocycles. The van der Waals surface area contributed by atoms with Gasteiger partial charge in [-0.15, -0.1) is 0 Å². The summed E-state index contributed by atoms with van der Waals surface area (Å²) >= 11 is 0. The van der Waals surface area contributed by atoms with E-state index in [9.17, 15) is 0 Å². The first-order valence-electron chi connectivity index (χ1n) is 4.57. The Morgan fingerprint density at radius 1 is 1.45 bits per heavy atom. The molecule has 2 heterocycles. The van der Waals surface area contributed by atoms with E-state index in [1.165, 1.54) is 19.3 Å². The molecule has 0 spiro atoms. The number of ether oxygens (including phenoxy) is 2. The second-order valence-electron chi connectivity index (χ2n) is 4.33. The minimum Gasteiger partial charge on any atom is -0.373 e. The molecule has 3 aliphatic rings. The molecule has 0 N–H and O–H groups in total. The summed E-state index contributed by atoms with van der Waals surface area (Å²) in [6.07, 6.45) is 5.00. The zero-order valence-electron chi connectivity index (χ0n) is 6.88. The average molecular weight is 154 g/mol. The molecule has 62 valence electrons. The fraction of sp³-hybridized carbons (Fsp3) is 1.00. The number of hydrogen-bond donors (Lipinski definition) is 0. The van der Waals surface area contributed by atoms with E-state index in [-0.39, 0.29) is 5.60 Å². The van der Waals surface area contributed by atoms with Gasteiger partial charge in [-0.2, -0.15) is 0 Å². The van der Waals surface area contributed by atoms with Crippen molar-refractivity contribution in [1.82, 2.24) is 0 Å². The van der Waals surface area contributed by atoms with Crippen LogP contribution >= 0.6 is 0 Å². The second kappa shape index (κ2) is 1.80. The summed E-state index contributed by atoms with van der Waals surface area (Å²) in [5.41, 5.74) is 0.283. The first-order chi connectivity index (χ1) is 5.28. The van der Waals surface area contributed by atoms with Gasteiger partial charge in [-0.25, -0.2) is 0 Å². The maximum absolute atomic E-state index is 5.62. The van der Waals surface area contributed by atoms with Crippen LogP contribution in [0.4, 0.5) is 0 Å². The summed E-state index contributed by atoms with van der Waals surface area (Å²) < 4.78 is 10.9. The van der Waals surface area contributed by atoms with Gasteiger partial charge in [0.25, 0.3) is 0 Å². The third-order valence-electron chi connectivity index (χ3n) is 3.45. The quantitative estimate of drug-likeness (QED) is 0.532. The number of rotatable bonds is 1. The SMILES string of the molecule is CC12CCC(C3CO3)CC1O2. The lowest BCUT2D eigenvalue weighted by Crippen LogP contribution is -2.24. The van der Waals surface area contributed by atoms with Gasteiger partial charge in [0.05, 0.1) is 24.4 Å². The highest BCUT2D eigenvalue weighted by molar-refractivity contribution is 5.05. The van der Waals surface area contributed by atoms with Gasteiger partial charge in [0, 0.05) is 0 Å². The smallest absolute Gasteiger partial charge is 0.0920 e. The molecule has 0 aromatic rings. The zero-order chi connectivity index (χ0) is 7.47. The minimum absolute atomic E-state index is 0.283. The molecule has 1 aliphatic carbocycles. The summed E-state index contributed by atoms with van der Waals surface area (Å²) in [5.74, 6) is 0.815. The number of epoxide rings is 2. The first-order valence-corrected chi connectivity index (χ1v) is 4.57. The third-order valence-corrected chi connectivity index (χ3v) is 3.45. The summed E-state index contributed by atoms with van der Waals surface area (Å²) in [4.78, 5) is 0. The standard InChI is InChI=1S/C9H14O2/c1-9-3-2-6(7-5-10-7)4-8(9)11-9/h6-8H,2-5H2,1H3. The van der Waals surface area contributed by atoms with Gasteiger partial charge in [0.1, 0.15) is 0 Å². The fourth-order valence-electron chi connectivity index (χ4n) is 2.34. The zero-order valence-corrected chi connectivity index (χ0v) is 6.88. The van der Waals surface area contributed by atoms with Gasteiger partial charge in [-0.1, -0.05) is 0 Å². The fourth-order valence-corrected chi connectivity index (χ4v) is 2.34. The van der Waals surface area contributed by atoms with Crippen molar-refractivity contribution < 1.29 is 9.47 Å². The second-order valence-corrected chi connectivity index (χ2v) is 4.33. The third kappa shape index (κ3) is 0.926. The lowest BCUT2D eigenvalue weighted by atomic mass is 9.81. The Morgan fingerprint density at radius 2 is 2.27 bits per heavy atom. The number of fused-ring (bicyclic) bond motifs is 1. The Kier molecular flexibility index (Phi) is 1.06. The van der Waals surface area contributed by atoms with Gasteiger partial charge in [0.15, 0.2) is 0 Å². The van der Waals surface area contributed by atoms with Gasteiger partial charge in [-0.3, -0.25) is 0 Å². The van der Waals surface area contributed by atoms with E-state index in [0.717, 1.165) is 12.5 Å². The van der Waals surface area contributed by atoms with Gasteiger partial charge < -0.3 is 9.47 Å². The number of hydrogen-bond acceptors (Lipinski definition) is 2. The van der Waals surface area contributed by atoms with E-state index < -0.39 is 0 Å². The molecule has 0 amide bonds. The van der Waals surface area contributed by atoms with E-state index in [4.69, 9.17) is 9.47 Å². The summed E-state index contributed by atoms with van der Waals surface area (Å²) in [5, 5.41) is 0. The normalized spacial score (nSPS) is 60.3. The molecule has 11 heavy (non-hydrogen) atoms. The highest BCUT2D eigenvalue weighted by Gasteiger charge is 2.57. The van der Waals surface area contributed by atoms with Crippen molar-refractivity contribution in [3.63, 3.8) is 0 Å². The molecule has 2 saturated heterocycles. The van der Waals surface area contributed by atoms with Crippen LogP contribution < -0.4 is 0 Å². The highest BCUT2D eigenvalue weighted by atomic mass is 16.6. The highest BCUT2D eigenvalue weighted by Crippen LogP contribution is 2.51. The van der Waals surface area contributed by atoms with Crippen LogP contribution in [0.2, 0.25) is 0 Å². The largest absolute Gasteiger partial charge is 0.373 e. The van der Waals surface area contributed by atoms with Crippen LogP contribution in [0, 0.1) is 5.92 Å². The predicted octanol–water partition coefficient (Wildman–Crippen LogP) is 1.34. The van der Waals surface area contributed by atoms with Crippen molar-refractivity contribution in [3.8, 4) is 0 Å². The minimum atomic E-state index is 0.283. The Hall–Kier alpha value is -0.0800. The van der Waals surface area contributed by atoms with Crippen LogP contribution in [-0.4, -0.2) is 24.4 Å². The molecule has 3 rings (SSSR count). The van der Waals surface area contributed by atoms with E-state index in [1.807, 2.05) is 0 Å². The maximum atomic E-state index is 5.62. The molecule has 0 aromatic heterocycles. The molecular formula is C9H14O2. The van der Waals surface area contributed by atoms with E-state index in [0.29, 0.717) is 12.2 Å². The van der Waals surface area contributed by atoms with Gasteiger partial charge in [0.2, 0.25) is 0 Å². The molecule has 4 atom stereocenters. The van der Waals surface area contributed by atoms with Gasteiger partial charge in [-0.05, 0) is 32.1 Å². The van der Waals surface area contributed by atoms with Crippen molar-refractivity contribution in [2.75, 3.05) is 6.61 Å². The summed E-state index contributed by atoms with van der Waals surface area (Å²) in [7, 11) is 0. The molecule has 2 heteroatoms. The van der Waals surface area contributed by atoms with E-state index >= 15 is 0 Å². The predicted molar refractivity (Wildman–Crippen MR) is 40.4 cm³/mol. The van der Waals surface area contributed by atoms with Crippen LogP contribution in [0.15, 0.2) is 0 Å². The molecule has 2 nitrogen and oxygen atoms in total. The Bertz CT molecular complexity index is 188. The van der Waals surface area contributed by atoms with Crippen LogP contribution in [-0.2, 0) is 9.47 Å². The van der Waals surface area contributed by atoms with Crippen LogP contribution in [0.5, 0.6) is 0 Å². The molecule has 0 aromatic carbocycles. The Morgan fingerprint density at radius 3 is 2.91 bits per heavy atom. The topological polar surface area (TPSA) is 25.1 Å². The van der Waals surface area contributed by atoms with Crippen LogP contribution in [0.25, 0.3) is 0 Å². The summed E-state index contributed by atoms with van der Waals surface area (Å²) in [6.45, 7) is 3.25. The average Bonchev–Trinajstić information content (AvgIpc) is 2.78. The lowest BCUT2D eigenvalue weighted by Gasteiger charge is -2.20. The van der Waals surface area contributed by atoms with Crippen molar-refractivity contribution >= 4 is 0 Å². The van der Waals surface area contributed by atoms with Crippen molar-refractivity contribution in [1.29, 1.82) is 0 Å². The molecule has 4 unspecified atom stereocenters. The lowest BCUT2D eigenvalue weighted by molar-refractivity contribution is 0.265. The maximum Gasteiger partial charge on any atom is 0.0920 e. The molecule has 0 radical (unpaired) electrons. The molecular weight excluding hydrogens is 140 g/mol. The summed E-state index contributed by atoms with van der Waals surface area (Å²) in [6, 6.07) is 0. The van der Waals surface area contributed by atoms with E-state index in [2.05, 4.69) is 6.92 Å². The molecule has 3 fully saturated rings. The van der Waals surface area contributed by atoms with Crippen molar-refractivity contribution in [3.05, 3.63) is 0 Å². The van der Waals surface area contributed by atoms with Crippen LogP contribution in [0.1, 0.15) is 26.2 Å². The monoisotopic (exact) mass is 154 g/mol. The van der Waals surface area contributed by atoms with Crippen LogP contribution in [0.3, 0.4) is 0 Å². The Labute approximate surface area is 66.9 Å².